The van der Waals surface area contributed by atoms with E-state index in [-0.39, 0.29) is 0 Å². The SMILES string of the molecule is O=C(O)N1CCC(CNc2ncc3ccc(Br)cc3n2)C1. The van der Waals surface area contributed by atoms with Crippen molar-refractivity contribution >= 4 is 38.9 Å². The Hall–Kier alpha value is -1.89. The van der Waals surface area contributed by atoms with Crippen LogP contribution in [0.1, 0.15) is 6.42 Å². The molecule has 1 fully saturated rings. The van der Waals surface area contributed by atoms with Crippen molar-refractivity contribution in [3.63, 3.8) is 0 Å². The Morgan fingerprint density at radius 1 is 1.52 bits per heavy atom. The predicted molar refractivity (Wildman–Crippen MR) is 83.4 cm³/mol. The van der Waals surface area contributed by atoms with Gasteiger partial charge in [0.2, 0.25) is 5.95 Å². The first-order valence-corrected chi connectivity index (χ1v) is 7.55. The van der Waals surface area contributed by atoms with Gasteiger partial charge in [0.15, 0.2) is 0 Å². The van der Waals surface area contributed by atoms with Crippen molar-refractivity contribution in [2.24, 2.45) is 5.92 Å². The molecule has 1 aromatic carbocycles. The van der Waals surface area contributed by atoms with Gasteiger partial charge in [0.25, 0.3) is 0 Å². The largest absolute Gasteiger partial charge is 0.465 e. The molecule has 2 aromatic rings. The van der Waals surface area contributed by atoms with Crippen LogP contribution < -0.4 is 5.32 Å². The summed E-state index contributed by atoms with van der Waals surface area (Å²) >= 11 is 3.43. The third kappa shape index (κ3) is 3.24. The average Bonchev–Trinajstić information content (AvgIpc) is 2.93. The van der Waals surface area contributed by atoms with Gasteiger partial charge in [-0.05, 0) is 24.5 Å². The number of anilines is 1. The number of benzene rings is 1. The Balaban J connectivity index is 1.64. The summed E-state index contributed by atoms with van der Waals surface area (Å²) in [4.78, 5) is 21.1. The van der Waals surface area contributed by atoms with Gasteiger partial charge in [-0.1, -0.05) is 22.0 Å². The molecule has 0 aliphatic carbocycles. The first-order chi connectivity index (χ1) is 10.1. The van der Waals surface area contributed by atoms with Gasteiger partial charge >= 0.3 is 6.09 Å². The van der Waals surface area contributed by atoms with Gasteiger partial charge in [0.05, 0.1) is 5.52 Å². The summed E-state index contributed by atoms with van der Waals surface area (Å²) in [6.45, 7) is 1.86. The minimum atomic E-state index is -0.843. The molecule has 1 amide bonds. The van der Waals surface area contributed by atoms with Crippen LogP contribution in [-0.4, -0.2) is 45.7 Å². The zero-order valence-electron chi connectivity index (χ0n) is 11.3. The van der Waals surface area contributed by atoms with Crippen LogP contribution >= 0.6 is 15.9 Å². The summed E-state index contributed by atoms with van der Waals surface area (Å²) in [7, 11) is 0. The quantitative estimate of drug-likeness (QED) is 0.889. The van der Waals surface area contributed by atoms with Crippen molar-refractivity contribution in [2.75, 3.05) is 25.0 Å². The maximum Gasteiger partial charge on any atom is 0.407 e. The van der Waals surface area contributed by atoms with Crippen LogP contribution in [-0.2, 0) is 0 Å². The number of aromatic nitrogens is 2. The van der Waals surface area contributed by atoms with Crippen LogP contribution in [0.5, 0.6) is 0 Å². The molecule has 0 spiro atoms. The summed E-state index contributed by atoms with van der Waals surface area (Å²) in [5.41, 5.74) is 0.875. The lowest BCUT2D eigenvalue weighted by Crippen LogP contribution is -2.28. The second kappa shape index (κ2) is 5.85. The van der Waals surface area contributed by atoms with Crippen molar-refractivity contribution in [2.45, 2.75) is 6.42 Å². The molecule has 1 aromatic heterocycles. The first kappa shape index (κ1) is 14.1. The lowest BCUT2D eigenvalue weighted by atomic mass is 10.1. The van der Waals surface area contributed by atoms with Gasteiger partial charge in [-0.2, -0.15) is 0 Å². The van der Waals surface area contributed by atoms with E-state index in [1.54, 1.807) is 6.20 Å². The maximum atomic E-state index is 10.9. The van der Waals surface area contributed by atoms with E-state index in [0.717, 1.165) is 21.8 Å². The molecule has 2 heterocycles. The highest BCUT2D eigenvalue weighted by molar-refractivity contribution is 9.10. The maximum absolute atomic E-state index is 10.9. The van der Waals surface area contributed by atoms with E-state index in [1.807, 2.05) is 18.2 Å². The number of hydrogen-bond acceptors (Lipinski definition) is 4. The molecular weight excluding hydrogens is 336 g/mol. The van der Waals surface area contributed by atoms with Crippen molar-refractivity contribution in [3.05, 3.63) is 28.9 Å². The molecule has 0 radical (unpaired) electrons. The Morgan fingerprint density at radius 3 is 3.14 bits per heavy atom. The highest BCUT2D eigenvalue weighted by Gasteiger charge is 2.25. The van der Waals surface area contributed by atoms with Gasteiger partial charge < -0.3 is 15.3 Å². The van der Waals surface area contributed by atoms with Gasteiger partial charge in [-0.15, -0.1) is 0 Å². The number of nitrogens with one attached hydrogen (secondary N) is 1. The number of hydrogen-bond donors (Lipinski definition) is 2. The van der Waals surface area contributed by atoms with Gasteiger partial charge in [-0.25, -0.2) is 14.8 Å². The van der Waals surface area contributed by atoms with Crippen molar-refractivity contribution in [1.29, 1.82) is 0 Å². The predicted octanol–water partition coefficient (Wildman–Crippen LogP) is 2.80. The van der Waals surface area contributed by atoms with Crippen molar-refractivity contribution < 1.29 is 9.90 Å². The minimum Gasteiger partial charge on any atom is -0.465 e. The lowest BCUT2D eigenvalue weighted by Gasteiger charge is -2.13. The number of carboxylic acid groups (broad SMARTS) is 1. The van der Waals surface area contributed by atoms with Gasteiger partial charge in [0.1, 0.15) is 0 Å². The number of halogens is 1. The van der Waals surface area contributed by atoms with Crippen molar-refractivity contribution in [3.8, 4) is 0 Å². The van der Waals surface area contributed by atoms with Crippen LogP contribution in [0.3, 0.4) is 0 Å². The Labute approximate surface area is 130 Å². The van der Waals surface area contributed by atoms with Crippen LogP contribution in [0, 0.1) is 5.92 Å². The summed E-state index contributed by atoms with van der Waals surface area (Å²) in [5, 5.41) is 13.1. The summed E-state index contributed by atoms with van der Waals surface area (Å²) in [6.07, 6.45) is 1.82. The highest BCUT2D eigenvalue weighted by atomic mass is 79.9. The average molecular weight is 351 g/mol. The number of amides is 1. The van der Waals surface area contributed by atoms with E-state index in [9.17, 15) is 4.79 Å². The van der Waals surface area contributed by atoms with Crippen LogP contribution in [0.4, 0.5) is 10.7 Å². The molecule has 21 heavy (non-hydrogen) atoms. The van der Waals surface area contributed by atoms with Crippen LogP contribution in [0.2, 0.25) is 0 Å². The molecule has 3 rings (SSSR count). The minimum absolute atomic E-state index is 0.308. The summed E-state index contributed by atoms with van der Waals surface area (Å²) < 4.78 is 0.979. The number of rotatable bonds is 3. The van der Waals surface area contributed by atoms with Gasteiger partial charge in [-0.3, -0.25) is 0 Å². The van der Waals surface area contributed by atoms with E-state index >= 15 is 0 Å². The Bertz CT molecular complexity index is 679. The molecule has 1 aliphatic heterocycles. The molecule has 110 valence electrons. The first-order valence-electron chi connectivity index (χ1n) is 6.76. The molecule has 0 saturated carbocycles. The van der Waals surface area contributed by atoms with E-state index in [2.05, 4.69) is 31.2 Å². The molecule has 6 nitrogen and oxygen atoms in total. The molecule has 2 N–H and O–H groups in total. The standard InChI is InChI=1S/C14H15BrN4O2/c15-11-2-1-10-7-17-13(18-12(10)5-11)16-6-9-3-4-19(8-9)14(20)21/h1-2,5,7,9H,3-4,6,8H2,(H,20,21)(H,16,17,18). The molecule has 1 aliphatic rings. The fourth-order valence-electron chi connectivity index (χ4n) is 2.49. The highest BCUT2D eigenvalue weighted by Crippen LogP contribution is 2.20. The fraction of sp³-hybridized carbons (Fsp3) is 0.357. The number of carbonyl (C=O) groups is 1. The molecule has 7 heteroatoms. The zero-order valence-corrected chi connectivity index (χ0v) is 12.9. The third-order valence-electron chi connectivity index (χ3n) is 3.65. The van der Waals surface area contributed by atoms with E-state index in [4.69, 9.17) is 5.11 Å². The van der Waals surface area contributed by atoms with Crippen LogP contribution in [0.25, 0.3) is 10.9 Å². The number of nitrogens with zero attached hydrogens (tertiary/aromatic N) is 3. The number of likely N-dealkylation sites (tertiary alicyclic amines) is 1. The zero-order chi connectivity index (χ0) is 14.8. The normalized spacial score (nSPS) is 18.1. The molecule has 1 unspecified atom stereocenters. The lowest BCUT2D eigenvalue weighted by molar-refractivity contribution is 0.154. The van der Waals surface area contributed by atoms with Crippen molar-refractivity contribution in [1.82, 2.24) is 14.9 Å². The number of fused-ring (bicyclic) bond motifs is 1. The molecular formula is C14H15BrN4O2. The monoisotopic (exact) mass is 350 g/mol. The van der Waals surface area contributed by atoms with Gasteiger partial charge in [0, 0.05) is 35.7 Å². The third-order valence-corrected chi connectivity index (χ3v) is 4.14. The Kier molecular flexibility index (Phi) is 3.92. The second-order valence-electron chi connectivity index (χ2n) is 5.16. The Morgan fingerprint density at radius 2 is 2.38 bits per heavy atom. The smallest absolute Gasteiger partial charge is 0.407 e. The molecule has 0 bridgehead atoms. The van der Waals surface area contributed by atoms with Crippen LogP contribution in [0.15, 0.2) is 28.9 Å². The van der Waals surface area contributed by atoms with E-state index in [1.165, 1.54) is 4.90 Å². The van der Waals surface area contributed by atoms with E-state index in [0.29, 0.717) is 31.5 Å². The molecule has 1 saturated heterocycles. The topological polar surface area (TPSA) is 78.4 Å². The summed E-state index contributed by atoms with van der Waals surface area (Å²) in [6, 6.07) is 5.87. The fourth-order valence-corrected chi connectivity index (χ4v) is 2.84. The molecule has 1 atom stereocenters. The summed E-state index contributed by atoms with van der Waals surface area (Å²) in [5.74, 6) is 0.886. The van der Waals surface area contributed by atoms with E-state index < -0.39 is 6.09 Å². The second-order valence-corrected chi connectivity index (χ2v) is 6.08.